The van der Waals surface area contributed by atoms with Crippen molar-refractivity contribution >= 4 is 22.7 Å². The van der Waals surface area contributed by atoms with Gasteiger partial charge in [-0.05, 0) is 25.0 Å². The zero-order valence-corrected chi connectivity index (χ0v) is 10.8. The molecule has 0 radical (unpaired) electrons. The van der Waals surface area contributed by atoms with E-state index in [1.54, 1.807) is 11.0 Å². The Morgan fingerprint density at radius 3 is 3.00 bits per heavy atom. The molecule has 5 heteroatoms. The molecule has 20 heavy (non-hydrogen) atoms. The lowest BCUT2D eigenvalue weighted by Crippen LogP contribution is -2.36. The van der Waals surface area contributed by atoms with Crippen LogP contribution in [0.15, 0.2) is 30.3 Å². The van der Waals surface area contributed by atoms with Crippen molar-refractivity contribution in [2.45, 2.75) is 18.9 Å². The van der Waals surface area contributed by atoms with Crippen LogP contribution in [0.5, 0.6) is 0 Å². The van der Waals surface area contributed by atoms with E-state index in [2.05, 4.69) is 11.1 Å². The van der Waals surface area contributed by atoms with Gasteiger partial charge in [0.1, 0.15) is 17.9 Å². The van der Waals surface area contributed by atoms with Gasteiger partial charge in [-0.3, -0.25) is 0 Å². The highest BCUT2D eigenvalue weighted by atomic mass is 16.4. The third kappa shape index (κ3) is 1.95. The molecule has 1 aliphatic rings. The zero-order valence-electron chi connectivity index (χ0n) is 10.8. The largest absolute Gasteiger partial charge is 0.480 e. The number of carbonyl (C=O) groups is 1. The second-order valence-electron chi connectivity index (χ2n) is 4.85. The molecule has 5 nitrogen and oxygen atoms in total. The molecule has 1 aromatic carbocycles. The van der Waals surface area contributed by atoms with Crippen molar-refractivity contribution in [2.24, 2.45) is 0 Å². The molecule has 1 N–H and O–H groups in total. The van der Waals surface area contributed by atoms with Crippen molar-refractivity contribution < 1.29 is 9.90 Å². The first kappa shape index (κ1) is 12.4. The Balaban J connectivity index is 2.15. The molecule has 2 aromatic rings. The SMILES string of the molecule is N#Cc1cc2ccccc2nc1N1CCCC1C(=O)O. The van der Waals surface area contributed by atoms with Crippen LogP contribution in [0, 0.1) is 11.3 Å². The number of anilines is 1. The fraction of sp³-hybridized carbons (Fsp3) is 0.267. The van der Waals surface area contributed by atoms with Crippen LogP contribution in [-0.2, 0) is 4.79 Å². The predicted molar refractivity (Wildman–Crippen MR) is 74.5 cm³/mol. The molecule has 1 fully saturated rings. The molecule has 1 aliphatic heterocycles. The van der Waals surface area contributed by atoms with E-state index in [0.717, 1.165) is 17.3 Å². The van der Waals surface area contributed by atoms with E-state index in [4.69, 9.17) is 0 Å². The topological polar surface area (TPSA) is 77.2 Å². The van der Waals surface area contributed by atoms with Crippen LogP contribution in [0.25, 0.3) is 10.9 Å². The van der Waals surface area contributed by atoms with E-state index < -0.39 is 12.0 Å². The van der Waals surface area contributed by atoms with Gasteiger partial charge in [-0.1, -0.05) is 18.2 Å². The van der Waals surface area contributed by atoms with Crippen LogP contribution < -0.4 is 4.90 Å². The minimum Gasteiger partial charge on any atom is -0.480 e. The number of benzene rings is 1. The van der Waals surface area contributed by atoms with E-state index in [0.29, 0.717) is 24.3 Å². The van der Waals surface area contributed by atoms with Gasteiger partial charge < -0.3 is 10.0 Å². The number of hydrogen-bond acceptors (Lipinski definition) is 4. The van der Waals surface area contributed by atoms with Gasteiger partial charge in [-0.15, -0.1) is 0 Å². The van der Waals surface area contributed by atoms with Gasteiger partial charge in [-0.2, -0.15) is 5.26 Å². The lowest BCUT2D eigenvalue weighted by Gasteiger charge is -2.23. The van der Waals surface area contributed by atoms with E-state index in [9.17, 15) is 15.2 Å². The number of carboxylic acid groups (broad SMARTS) is 1. The Morgan fingerprint density at radius 1 is 1.45 bits per heavy atom. The number of nitrogens with zero attached hydrogens (tertiary/aromatic N) is 3. The fourth-order valence-electron chi connectivity index (χ4n) is 2.68. The monoisotopic (exact) mass is 267 g/mol. The third-order valence-electron chi connectivity index (χ3n) is 3.63. The van der Waals surface area contributed by atoms with Crippen molar-refractivity contribution in [2.75, 3.05) is 11.4 Å². The van der Waals surface area contributed by atoms with Gasteiger partial charge in [0.15, 0.2) is 0 Å². The average molecular weight is 267 g/mol. The number of fused-ring (bicyclic) bond motifs is 1. The summed E-state index contributed by atoms with van der Waals surface area (Å²) in [6, 6.07) is 10.8. The van der Waals surface area contributed by atoms with Gasteiger partial charge in [0, 0.05) is 11.9 Å². The maximum atomic E-state index is 11.3. The Bertz CT molecular complexity index is 721. The number of carboxylic acids is 1. The first-order chi connectivity index (χ1) is 9.70. The maximum Gasteiger partial charge on any atom is 0.326 e. The van der Waals surface area contributed by atoms with E-state index in [1.165, 1.54) is 0 Å². The van der Waals surface area contributed by atoms with Crippen molar-refractivity contribution in [3.8, 4) is 6.07 Å². The van der Waals surface area contributed by atoms with Crippen molar-refractivity contribution in [3.05, 3.63) is 35.9 Å². The molecule has 1 saturated heterocycles. The molecule has 2 heterocycles. The van der Waals surface area contributed by atoms with Crippen molar-refractivity contribution in [1.82, 2.24) is 4.98 Å². The molecule has 100 valence electrons. The number of nitriles is 1. The highest BCUT2D eigenvalue weighted by Gasteiger charge is 2.32. The van der Waals surface area contributed by atoms with E-state index >= 15 is 0 Å². The van der Waals surface area contributed by atoms with Crippen LogP contribution in [0.3, 0.4) is 0 Å². The summed E-state index contributed by atoms with van der Waals surface area (Å²) < 4.78 is 0. The normalized spacial score (nSPS) is 18.1. The van der Waals surface area contributed by atoms with E-state index in [-0.39, 0.29) is 0 Å². The van der Waals surface area contributed by atoms with Gasteiger partial charge in [0.25, 0.3) is 0 Å². The molecule has 1 unspecified atom stereocenters. The average Bonchev–Trinajstić information content (AvgIpc) is 2.95. The van der Waals surface area contributed by atoms with Crippen LogP contribution >= 0.6 is 0 Å². The van der Waals surface area contributed by atoms with Gasteiger partial charge in [0.2, 0.25) is 0 Å². The van der Waals surface area contributed by atoms with Crippen LogP contribution in [0.2, 0.25) is 0 Å². The van der Waals surface area contributed by atoms with Gasteiger partial charge >= 0.3 is 5.97 Å². The Labute approximate surface area is 116 Å². The van der Waals surface area contributed by atoms with Crippen molar-refractivity contribution in [1.29, 1.82) is 5.26 Å². The number of para-hydroxylation sites is 1. The zero-order chi connectivity index (χ0) is 14.1. The minimum atomic E-state index is -0.860. The summed E-state index contributed by atoms with van der Waals surface area (Å²) in [7, 11) is 0. The number of rotatable bonds is 2. The standard InChI is InChI=1S/C15H13N3O2/c16-9-11-8-10-4-1-2-5-12(10)17-14(11)18-7-3-6-13(18)15(19)20/h1-2,4-5,8,13H,3,6-7H2,(H,19,20). The lowest BCUT2D eigenvalue weighted by atomic mass is 10.1. The number of pyridine rings is 1. The molecule has 0 spiro atoms. The summed E-state index contributed by atoms with van der Waals surface area (Å²) >= 11 is 0. The quantitative estimate of drug-likeness (QED) is 0.902. The molecule has 1 atom stereocenters. The van der Waals surface area contributed by atoms with Gasteiger partial charge in [-0.25, -0.2) is 9.78 Å². The summed E-state index contributed by atoms with van der Waals surface area (Å²) in [4.78, 5) is 17.5. The first-order valence-electron chi connectivity index (χ1n) is 6.50. The van der Waals surface area contributed by atoms with Gasteiger partial charge in [0.05, 0.1) is 11.1 Å². The molecule has 0 amide bonds. The summed E-state index contributed by atoms with van der Waals surface area (Å²) in [6.45, 7) is 0.622. The maximum absolute atomic E-state index is 11.3. The smallest absolute Gasteiger partial charge is 0.326 e. The van der Waals surface area contributed by atoms with Crippen molar-refractivity contribution in [3.63, 3.8) is 0 Å². The minimum absolute atomic E-state index is 0.428. The third-order valence-corrected chi connectivity index (χ3v) is 3.63. The Hall–Kier alpha value is -2.61. The molecular formula is C15H13N3O2. The lowest BCUT2D eigenvalue weighted by molar-refractivity contribution is -0.138. The Morgan fingerprint density at radius 2 is 2.25 bits per heavy atom. The Kier molecular flexibility index (Phi) is 2.99. The summed E-state index contributed by atoms with van der Waals surface area (Å²) in [5, 5.41) is 19.5. The molecular weight excluding hydrogens is 254 g/mol. The molecule has 0 aliphatic carbocycles. The van der Waals surface area contributed by atoms with Crippen LogP contribution in [0.1, 0.15) is 18.4 Å². The summed E-state index contributed by atoms with van der Waals surface area (Å²) in [6.07, 6.45) is 1.39. The fourth-order valence-corrected chi connectivity index (χ4v) is 2.68. The van der Waals surface area contributed by atoms with Crippen LogP contribution in [0.4, 0.5) is 5.82 Å². The number of aliphatic carboxylic acids is 1. The summed E-state index contributed by atoms with van der Waals surface area (Å²) in [5.41, 5.74) is 1.20. The molecule has 0 bridgehead atoms. The molecule has 0 saturated carbocycles. The highest BCUT2D eigenvalue weighted by molar-refractivity contribution is 5.85. The van der Waals surface area contributed by atoms with Crippen LogP contribution in [-0.4, -0.2) is 28.6 Å². The highest BCUT2D eigenvalue weighted by Crippen LogP contribution is 2.29. The molecule has 1 aromatic heterocycles. The second kappa shape index (κ2) is 4.82. The first-order valence-corrected chi connectivity index (χ1v) is 6.50. The summed E-state index contributed by atoms with van der Waals surface area (Å²) in [5.74, 6) is -0.377. The van der Waals surface area contributed by atoms with E-state index in [1.807, 2.05) is 24.3 Å². The predicted octanol–water partition coefficient (Wildman–Crippen LogP) is 2.16. The number of aromatic nitrogens is 1. The number of hydrogen-bond donors (Lipinski definition) is 1. The second-order valence-corrected chi connectivity index (χ2v) is 4.85. The molecule has 3 rings (SSSR count).